The van der Waals surface area contributed by atoms with E-state index in [2.05, 4.69) is 24.2 Å². The SMILES string of the molecule is C=C/C(C)=C/C=C\N=C(C)\C=C(/C)S. The second kappa shape index (κ2) is 7.39. The molecule has 0 amide bonds. The molecule has 2 heteroatoms. The van der Waals surface area contributed by atoms with Crippen molar-refractivity contribution < 1.29 is 0 Å². The summed E-state index contributed by atoms with van der Waals surface area (Å²) in [6.07, 6.45) is 9.33. The van der Waals surface area contributed by atoms with Crippen LogP contribution in [0.2, 0.25) is 0 Å². The maximum absolute atomic E-state index is 4.20. The first-order valence-corrected chi connectivity index (χ1v) is 4.88. The van der Waals surface area contributed by atoms with E-state index in [1.807, 2.05) is 39.0 Å². The molecule has 0 aliphatic rings. The van der Waals surface area contributed by atoms with Crippen LogP contribution in [0.3, 0.4) is 0 Å². The summed E-state index contributed by atoms with van der Waals surface area (Å²) in [4.78, 5) is 5.16. The summed E-state index contributed by atoms with van der Waals surface area (Å²) in [5.41, 5.74) is 2.06. The lowest BCUT2D eigenvalue weighted by Gasteiger charge is -1.89. The Bertz CT molecular complexity index is 302. The average molecular weight is 207 g/mol. The van der Waals surface area contributed by atoms with Crippen molar-refractivity contribution in [3.05, 3.63) is 47.6 Å². The Balaban J connectivity index is 4.29. The summed E-state index contributed by atoms with van der Waals surface area (Å²) in [5, 5.41) is 0. The minimum Gasteiger partial charge on any atom is -0.262 e. The smallest absolute Gasteiger partial charge is 0.0380 e. The molecule has 0 aromatic rings. The lowest BCUT2D eigenvalue weighted by Crippen LogP contribution is -1.82. The fourth-order valence-electron chi connectivity index (χ4n) is 0.763. The van der Waals surface area contributed by atoms with Gasteiger partial charge in [0.1, 0.15) is 0 Å². The van der Waals surface area contributed by atoms with Gasteiger partial charge in [0.2, 0.25) is 0 Å². The Morgan fingerprint density at radius 1 is 1.29 bits per heavy atom. The van der Waals surface area contributed by atoms with Crippen molar-refractivity contribution in [3.8, 4) is 0 Å². The molecule has 0 unspecified atom stereocenters. The number of aliphatic imine (C=N–C) groups is 1. The van der Waals surface area contributed by atoms with E-state index in [0.717, 1.165) is 16.2 Å². The monoisotopic (exact) mass is 207 g/mol. The van der Waals surface area contributed by atoms with Crippen LogP contribution < -0.4 is 0 Å². The van der Waals surface area contributed by atoms with E-state index in [4.69, 9.17) is 0 Å². The fraction of sp³-hybridized carbons (Fsp3) is 0.250. The molecule has 0 rings (SSSR count). The van der Waals surface area contributed by atoms with Gasteiger partial charge >= 0.3 is 0 Å². The topological polar surface area (TPSA) is 12.4 Å². The predicted octanol–water partition coefficient (Wildman–Crippen LogP) is 3.93. The third-order valence-electron chi connectivity index (χ3n) is 1.46. The van der Waals surface area contributed by atoms with Gasteiger partial charge in [0, 0.05) is 11.9 Å². The Labute approximate surface area is 92.0 Å². The quantitative estimate of drug-likeness (QED) is 0.407. The molecule has 0 fully saturated rings. The highest BCUT2D eigenvalue weighted by Gasteiger charge is 1.82. The van der Waals surface area contributed by atoms with E-state index < -0.39 is 0 Å². The molecule has 0 N–H and O–H groups in total. The summed E-state index contributed by atoms with van der Waals surface area (Å²) in [7, 11) is 0. The zero-order valence-corrected chi connectivity index (χ0v) is 9.88. The van der Waals surface area contributed by atoms with Crippen LogP contribution in [0.15, 0.2) is 52.6 Å². The van der Waals surface area contributed by atoms with Crippen LogP contribution >= 0.6 is 12.6 Å². The maximum Gasteiger partial charge on any atom is 0.0380 e. The first-order valence-electron chi connectivity index (χ1n) is 4.44. The van der Waals surface area contributed by atoms with Crippen molar-refractivity contribution in [2.45, 2.75) is 20.8 Å². The molecule has 0 saturated carbocycles. The van der Waals surface area contributed by atoms with Crippen LogP contribution in [-0.2, 0) is 0 Å². The Morgan fingerprint density at radius 3 is 2.43 bits per heavy atom. The van der Waals surface area contributed by atoms with Gasteiger partial charge in [-0.25, -0.2) is 0 Å². The van der Waals surface area contributed by atoms with Gasteiger partial charge in [-0.1, -0.05) is 24.3 Å². The lowest BCUT2D eigenvalue weighted by atomic mass is 10.3. The van der Waals surface area contributed by atoms with Gasteiger partial charge in [-0.2, -0.15) is 0 Å². The molecule has 0 aromatic heterocycles. The van der Waals surface area contributed by atoms with E-state index >= 15 is 0 Å². The standard InChI is InChI=1S/C12H17NS/c1-5-10(2)7-6-8-13-11(3)9-12(4)14/h5-9,14H,1H2,2-4H3/b8-6-,10-7+,12-9+,13-11+. The lowest BCUT2D eigenvalue weighted by molar-refractivity contribution is 1.49. The van der Waals surface area contributed by atoms with Crippen molar-refractivity contribution in [2.75, 3.05) is 0 Å². The number of hydrogen-bond donors (Lipinski definition) is 1. The van der Waals surface area contributed by atoms with Crippen LogP contribution in [0, 0.1) is 0 Å². The summed E-state index contributed by atoms with van der Waals surface area (Å²) >= 11 is 4.16. The van der Waals surface area contributed by atoms with Crippen LogP contribution in [0.1, 0.15) is 20.8 Å². The number of rotatable bonds is 4. The highest BCUT2D eigenvalue weighted by atomic mass is 32.1. The van der Waals surface area contributed by atoms with Crippen molar-refractivity contribution in [1.29, 1.82) is 0 Å². The van der Waals surface area contributed by atoms with Gasteiger partial charge in [-0.05, 0) is 37.8 Å². The third kappa shape index (κ3) is 7.62. The maximum atomic E-state index is 4.20. The largest absolute Gasteiger partial charge is 0.262 e. The van der Waals surface area contributed by atoms with E-state index in [0.29, 0.717) is 0 Å². The Hall–Kier alpha value is -1.02. The van der Waals surface area contributed by atoms with E-state index in [-0.39, 0.29) is 0 Å². The molecule has 0 spiro atoms. The first-order chi connectivity index (χ1) is 6.56. The van der Waals surface area contributed by atoms with Crippen LogP contribution in [0.5, 0.6) is 0 Å². The van der Waals surface area contributed by atoms with E-state index in [1.165, 1.54) is 0 Å². The number of thiol groups is 1. The van der Waals surface area contributed by atoms with E-state index in [9.17, 15) is 0 Å². The van der Waals surface area contributed by atoms with Crippen molar-refractivity contribution in [1.82, 2.24) is 0 Å². The molecule has 0 atom stereocenters. The second-order valence-electron chi connectivity index (χ2n) is 3.01. The van der Waals surface area contributed by atoms with E-state index in [1.54, 1.807) is 12.3 Å². The molecule has 0 aromatic carbocycles. The second-order valence-corrected chi connectivity index (χ2v) is 3.72. The Morgan fingerprint density at radius 2 is 1.93 bits per heavy atom. The molecule has 0 radical (unpaired) electrons. The number of nitrogens with zero attached hydrogens (tertiary/aromatic N) is 1. The summed E-state index contributed by atoms with van der Waals surface area (Å²) in [6, 6.07) is 0. The molecular formula is C12H17NS. The highest BCUT2D eigenvalue weighted by molar-refractivity contribution is 7.84. The van der Waals surface area contributed by atoms with Gasteiger partial charge in [-0.15, -0.1) is 12.6 Å². The van der Waals surface area contributed by atoms with Crippen LogP contribution in [-0.4, -0.2) is 5.71 Å². The molecule has 0 aliphatic carbocycles. The van der Waals surface area contributed by atoms with Crippen molar-refractivity contribution in [3.63, 3.8) is 0 Å². The molecule has 76 valence electrons. The van der Waals surface area contributed by atoms with Gasteiger partial charge in [0.05, 0.1) is 0 Å². The summed E-state index contributed by atoms with van der Waals surface area (Å²) < 4.78 is 0. The third-order valence-corrected chi connectivity index (χ3v) is 1.59. The van der Waals surface area contributed by atoms with Crippen molar-refractivity contribution in [2.24, 2.45) is 4.99 Å². The van der Waals surface area contributed by atoms with Crippen LogP contribution in [0.4, 0.5) is 0 Å². The normalized spacial score (nSPS) is 15.0. The molecule has 0 heterocycles. The average Bonchev–Trinajstić information content (AvgIpc) is 2.10. The van der Waals surface area contributed by atoms with Crippen LogP contribution in [0.25, 0.3) is 0 Å². The number of allylic oxidation sites excluding steroid dienone is 6. The molecule has 14 heavy (non-hydrogen) atoms. The molecule has 0 saturated heterocycles. The van der Waals surface area contributed by atoms with Gasteiger partial charge in [-0.3, -0.25) is 4.99 Å². The fourth-order valence-corrected chi connectivity index (χ4v) is 0.950. The Kier molecular flexibility index (Phi) is 6.85. The zero-order valence-electron chi connectivity index (χ0n) is 8.99. The van der Waals surface area contributed by atoms with Crippen molar-refractivity contribution >= 4 is 18.3 Å². The molecular weight excluding hydrogens is 190 g/mol. The van der Waals surface area contributed by atoms with Gasteiger partial charge < -0.3 is 0 Å². The first kappa shape index (κ1) is 13.0. The van der Waals surface area contributed by atoms with Gasteiger partial charge in [0.25, 0.3) is 0 Å². The molecule has 0 aliphatic heterocycles. The minimum atomic E-state index is 0.943. The zero-order chi connectivity index (χ0) is 11.0. The predicted molar refractivity (Wildman–Crippen MR) is 68.9 cm³/mol. The minimum absolute atomic E-state index is 0.943. The molecule has 1 nitrogen and oxygen atoms in total. The highest BCUT2D eigenvalue weighted by Crippen LogP contribution is 1.98. The summed E-state index contributed by atoms with van der Waals surface area (Å²) in [6.45, 7) is 9.51. The van der Waals surface area contributed by atoms with Gasteiger partial charge in [0.15, 0.2) is 0 Å². The number of hydrogen-bond acceptors (Lipinski definition) is 2. The molecule has 0 bridgehead atoms. The summed E-state index contributed by atoms with van der Waals surface area (Å²) in [5.74, 6) is 0.